The van der Waals surface area contributed by atoms with E-state index in [0.717, 1.165) is 18.2 Å². The molecule has 17 heavy (non-hydrogen) atoms. The topological polar surface area (TPSA) is 48.1 Å². The highest BCUT2D eigenvalue weighted by molar-refractivity contribution is 6.30. The predicted octanol–water partition coefficient (Wildman–Crippen LogP) is 3.39. The van der Waals surface area contributed by atoms with Gasteiger partial charge in [-0.25, -0.2) is 13.8 Å². The summed E-state index contributed by atoms with van der Waals surface area (Å²) in [6.07, 6.45) is 1.30. The molecule has 2 aromatic rings. The minimum absolute atomic E-state index is 0.0288. The Kier molecular flexibility index (Phi) is 3.10. The van der Waals surface area contributed by atoms with Crippen LogP contribution in [0.5, 0.6) is 11.6 Å². The Morgan fingerprint density at radius 3 is 2.71 bits per heavy atom. The molecule has 0 saturated carbocycles. The molecule has 0 aliphatic carbocycles. The minimum atomic E-state index is -0.706. The van der Waals surface area contributed by atoms with Crippen LogP contribution < -0.4 is 10.5 Å². The lowest BCUT2D eigenvalue weighted by molar-refractivity contribution is 0.424. The van der Waals surface area contributed by atoms with E-state index in [1.54, 1.807) is 0 Å². The lowest BCUT2D eigenvalue weighted by atomic mass is 10.3. The van der Waals surface area contributed by atoms with Crippen molar-refractivity contribution in [3.8, 4) is 11.6 Å². The van der Waals surface area contributed by atoms with Gasteiger partial charge >= 0.3 is 0 Å². The van der Waals surface area contributed by atoms with E-state index in [2.05, 4.69) is 4.98 Å². The van der Waals surface area contributed by atoms with Crippen LogP contribution in [0.25, 0.3) is 0 Å². The number of ether oxygens (including phenoxy) is 1. The first-order chi connectivity index (χ1) is 8.06. The van der Waals surface area contributed by atoms with Gasteiger partial charge in [-0.2, -0.15) is 0 Å². The quantitative estimate of drug-likeness (QED) is 0.896. The van der Waals surface area contributed by atoms with Gasteiger partial charge in [-0.3, -0.25) is 0 Å². The third-order valence-electron chi connectivity index (χ3n) is 1.95. The minimum Gasteiger partial charge on any atom is -0.434 e. The molecule has 88 valence electrons. The van der Waals surface area contributed by atoms with E-state index in [1.165, 1.54) is 12.3 Å². The Labute approximate surface area is 101 Å². The highest BCUT2D eigenvalue weighted by Gasteiger charge is 2.09. The Morgan fingerprint density at radius 1 is 1.24 bits per heavy atom. The Morgan fingerprint density at radius 2 is 2.00 bits per heavy atom. The van der Waals surface area contributed by atoms with Gasteiger partial charge in [0.25, 0.3) is 0 Å². The molecule has 0 radical (unpaired) electrons. The third kappa shape index (κ3) is 2.62. The Balaban J connectivity index is 2.34. The van der Waals surface area contributed by atoms with Gasteiger partial charge in [0.2, 0.25) is 5.88 Å². The second-order valence-electron chi connectivity index (χ2n) is 3.22. The van der Waals surface area contributed by atoms with Gasteiger partial charge in [0.15, 0.2) is 11.6 Å². The number of aromatic nitrogens is 1. The molecule has 1 heterocycles. The number of halogens is 3. The molecule has 0 aliphatic rings. The number of rotatable bonds is 2. The van der Waals surface area contributed by atoms with E-state index >= 15 is 0 Å². The summed E-state index contributed by atoms with van der Waals surface area (Å²) in [6, 6.07) is 4.25. The zero-order valence-electron chi connectivity index (χ0n) is 8.45. The number of pyridine rings is 1. The maximum absolute atomic E-state index is 13.3. The lowest BCUT2D eigenvalue weighted by Gasteiger charge is -2.08. The number of benzene rings is 1. The smallest absolute Gasteiger partial charge is 0.242 e. The average molecular weight is 257 g/mol. The molecule has 0 unspecified atom stereocenters. The molecule has 0 fully saturated rings. The fourth-order valence-corrected chi connectivity index (χ4v) is 1.35. The molecule has 0 atom stereocenters. The first-order valence-corrected chi connectivity index (χ1v) is 4.98. The van der Waals surface area contributed by atoms with Crippen molar-refractivity contribution in [3.05, 3.63) is 47.1 Å². The van der Waals surface area contributed by atoms with Crippen LogP contribution in [0.3, 0.4) is 0 Å². The van der Waals surface area contributed by atoms with Gasteiger partial charge in [-0.15, -0.1) is 0 Å². The highest BCUT2D eigenvalue weighted by Crippen LogP contribution is 2.29. The molecule has 1 aromatic heterocycles. The molecule has 0 saturated heterocycles. The first kappa shape index (κ1) is 11.6. The van der Waals surface area contributed by atoms with Gasteiger partial charge in [0.05, 0.1) is 10.7 Å². The maximum atomic E-state index is 13.3. The fourth-order valence-electron chi connectivity index (χ4n) is 1.19. The Hall–Kier alpha value is -1.88. The van der Waals surface area contributed by atoms with Gasteiger partial charge in [-0.05, 0) is 18.2 Å². The van der Waals surface area contributed by atoms with Crippen LogP contribution in [0.1, 0.15) is 0 Å². The van der Waals surface area contributed by atoms with Crippen LogP contribution in [0.4, 0.5) is 14.5 Å². The number of nitrogens with zero attached hydrogens (tertiary/aromatic N) is 1. The van der Waals surface area contributed by atoms with Crippen LogP contribution in [0.15, 0.2) is 30.5 Å². The Bertz CT molecular complexity index is 563. The standard InChI is InChI=1S/C11H7ClF2N2O/c12-6-3-9(15)11(16-5-6)17-10-4-7(13)1-2-8(10)14/h1-5H,15H2. The maximum Gasteiger partial charge on any atom is 0.242 e. The summed E-state index contributed by atoms with van der Waals surface area (Å²) >= 11 is 5.64. The van der Waals surface area contributed by atoms with Crippen molar-refractivity contribution < 1.29 is 13.5 Å². The molecule has 2 N–H and O–H groups in total. The largest absolute Gasteiger partial charge is 0.434 e. The molecular formula is C11H7ClF2N2O. The normalized spacial score (nSPS) is 10.3. The van der Waals surface area contributed by atoms with Crippen molar-refractivity contribution in [2.24, 2.45) is 0 Å². The summed E-state index contributed by atoms with van der Waals surface area (Å²) in [5.74, 6) is -1.64. The molecule has 0 bridgehead atoms. The van der Waals surface area contributed by atoms with E-state index in [4.69, 9.17) is 22.1 Å². The summed E-state index contributed by atoms with van der Waals surface area (Å²) in [5.41, 5.74) is 5.71. The number of anilines is 1. The van der Waals surface area contributed by atoms with E-state index in [1.807, 2.05) is 0 Å². The van der Waals surface area contributed by atoms with E-state index < -0.39 is 11.6 Å². The lowest BCUT2D eigenvalue weighted by Crippen LogP contribution is -1.96. The molecule has 6 heteroatoms. The zero-order valence-corrected chi connectivity index (χ0v) is 9.21. The van der Waals surface area contributed by atoms with Crippen LogP contribution in [-0.4, -0.2) is 4.98 Å². The van der Waals surface area contributed by atoms with Crippen LogP contribution in [0, 0.1) is 11.6 Å². The van der Waals surface area contributed by atoms with E-state index in [0.29, 0.717) is 5.02 Å². The third-order valence-corrected chi connectivity index (χ3v) is 2.15. The number of hydrogen-bond acceptors (Lipinski definition) is 3. The van der Waals surface area contributed by atoms with Gasteiger partial charge in [0.1, 0.15) is 5.82 Å². The molecule has 0 spiro atoms. The molecule has 0 aliphatic heterocycles. The second kappa shape index (κ2) is 4.55. The van der Waals surface area contributed by atoms with Crippen molar-refractivity contribution in [3.63, 3.8) is 0 Å². The van der Waals surface area contributed by atoms with Crippen LogP contribution in [0.2, 0.25) is 5.02 Å². The second-order valence-corrected chi connectivity index (χ2v) is 3.66. The van der Waals surface area contributed by atoms with Gasteiger partial charge < -0.3 is 10.5 Å². The molecular weight excluding hydrogens is 250 g/mol. The average Bonchev–Trinajstić information content (AvgIpc) is 2.27. The molecule has 3 nitrogen and oxygen atoms in total. The summed E-state index contributed by atoms with van der Waals surface area (Å²) < 4.78 is 31.2. The molecule has 1 aromatic carbocycles. The molecule has 0 amide bonds. The summed E-state index contributed by atoms with van der Waals surface area (Å²) in [6.45, 7) is 0. The van der Waals surface area contributed by atoms with Crippen molar-refractivity contribution in [1.82, 2.24) is 4.98 Å². The van der Waals surface area contributed by atoms with Crippen molar-refractivity contribution in [2.75, 3.05) is 5.73 Å². The van der Waals surface area contributed by atoms with Gasteiger partial charge in [0, 0.05) is 12.3 Å². The first-order valence-electron chi connectivity index (χ1n) is 4.60. The highest BCUT2D eigenvalue weighted by atomic mass is 35.5. The predicted molar refractivity (Wildman–Crippen MR) is 60.1 cm³/mol. The molecule has 2 rings (SSSR count). The summed E-state index contributed by atoms with van der Waals surface area (Å²) in [5, 5.41) is 0.328. The fraction of sp³-hybridized carbons (Fsp3) is 0. The van der Waals surface area contributed by atoms with E-state index in [9.17, 15) is 8.78 Å². The van der Waals surface area contributed by atoms with Crippen molar-refractivity contribution in [1.29, 1.82) is 0 Å². The van der Waals surface area contributed by atoms with Crippen molar-refractivity contribution in [2.45, 2.75) is 0 Å². The number of nitrogen functional groups attached to an aromatic ring is 1. The summed E-state index contributed by atoms with van der Waals surface area (Å²) in [7, 11) is 0. The van der Waals surface area contributed by atoms with Crippen LogP contribution in [-0.2, 0) is 0 Å². The zero-order chi connectivity index (χ0) is 12.4. The summed E-state index contributed by atoms with van der Waals surface area (Å²) in [4.78, 5) is 3.78. The number of nitrogens with two attached hydrogens (primary N) is 1. The van der Waals surface area contributed by atoms with Crippen molar-refractivity contribution >= 4 is 17.3 Å². The monoisotopic (exact) mass is 256 g/mol. The van der Waals surface area contributed by atoms with E-state index in [-0.39, 0.29) is 17.3 Å². The van der Waals surface area contributed by atoms with Gasteiger partial charge in [-0.1, -0.05) is 11.6 Å². The van der Waals surface area contributed by atoms with Crippen LogP contribution >= 0.6 is 11.6 Å². The number of hydrogen-bond donors (Lipinski definition) is 1. The SMILES string of the molecule is Nc1cc(Cl)cnc1Oc1cc(F)ccc1F.